The number of aryl methyl sites for hydroxylation is 2. The number of hydrogen-bond acceptors (Lipinski definition) is 4. The number of thiophene rings is 1. The van der Waals surface area contributed by atoms with Crippen LogP contribution in [0.25, 0.3) is 0 Å². The van der Waals surface area contributed by atoms with E-state index in [0.717, 1.165) is 24.2 Å². The van der Waals surface area contributed by atoms with Crippen molar-refractivity contribution in [2.24, 2.45) is 11.8 Å². The van der Waals surface area contributed by atoms with Crippen molar-refractivity contribution in [1.82, 2.24) is 9.80 Å². The van der Waals surface area contributed by atoms with Crippen LogP contribution in [0.1, 0.15) is 61.7 Å². The molecule has 0 fully saturated rings. The van der Waals surface area contributed by atoms with E-state index in [1.807, 2.05) is 37.8 Å². The Kier molecular flexibility index (Phi) is 8.57. The number of carbonyl (C=O) groups excluding carboxylic acids is 2. The average molecular weight is 471 g/mol. The van der Waals surface area contributed by atoms with Crippen molar-refractivity contribution in [3.8, 4) is 5.75 Å². The van der Waals surface area contributed by atoms with Crippen molar-refractivity contribution >= 4 is 23.2 Å². The van der Waals surface area contributed by atoms with Gasteiger partial charge in [0.05, 0.1) is 12.6 Å². The molecule has 0 unspecified atom stereocenters. The maximum Gasteiger partial charge on any atom is 0.242 e. The van der Waals surface area contributed by atoms with Crippen LogP contribution < -0.4 is 4.74 Å². The largest absolute Gasteiger partial charge is 0.491 e. The minimum absolute atomic E-state index is 0.00150. The Morgan fingerprint density at radius 2 is 1.97 bits per heavy atom. The topological polar surface area (TPSA) is 49.9 Å². The fourth-order valence-corrected chi connectivity index (χ4v) is 5.29. The summed E-state index contributed by atoms with van der Waals surface area (Å²) < 4.78 is 6.24. The van der Waals surface area contributed by atoms with Crippen LogP contribution in [-0.4, -0.2) is 47.9 Å². The molecule has 0 bridgehead atoms. The number of ether oxygens (including phenoxy) is 1. The number of hydrogen-bond donors (Lipinski definition) is 0. The Hall–Kier alpha value is -2.34. The molecule has 0 aliphatic carbocycles. The molecule has 0 saturated carbocycles. The second kappa shape index (κ2) is 11.2. The summed E-state index contributed by atoms with van der Waals surface area (Å²) in [4.78, 5) is 31.4. The van der Waals surface area contributed by atoms with E-state index in [9.17, 15) is 9.59 Å². The van der Waals surface area contributed by atoms with Crippen molar-refractivity contribution in [1.29, 1.82) is 0 Å². The lowest BCUT2D eigenvalue weighted by molar-refractivity contribution is -0.144. The summed E-state index contributed by atoms with van der Waals surface area (Å²) in [6, 6.07) is 8.13. The number of carbonyl (C=O) groups is 2. The summed E-state index contributed by atoms with van der Waals surface area (Å²) in [7, 11) is 0. The lowest BCUT2D eigenvalue weighted by Gasteiger charge is -2.37. The molecule has 33 heavy (non-hydrogen) atoms. The molecule has 3 rings (SSSR count). The maximum atomic E-state index is 13.6. The number of nitrogens with zero attached hydrogens (tertiary/aromatic N) is 2. The summed E-state index contributed by atoms with van der Waals surface area (Å²) >= 11 is 1.75. The molecule has 1 aromatic carbocycles. The van der Waals surface area contributed by atoms with Crippen molar-refractivity contribution in [2.75, 3.05) is 26.2 Å². The van der Waals surface area contributed by atoms with Gasteiger partial charge in [0.1, 0.15) is 12.4 Å². The number of benzene rings is 1. The lowest BCUT2D eigenvalue weighted by Crippen LogP contribution is -2.49. The summed E-state index contributed by atoms with van der Waals surface area (Å²) in [6.45, 7) is 14.0. The normalized spacial score (nSPS) is 16.5. The highest BCUT2D eigenvalue weighted by atomic mass is 32.1. The Morgan fingerprint density at radius 1 is 1.21 bits per heavy atom. The van der Waals surface area contributed by atoms with E-state index in [-0.39, 0.29) is 30.3 Å². The third kappa shape index (κ3) is 6.17. The first kappa shape index (κ1) is 25.3. The molecule has 2 heterocycles. The second-order valence-corrected chi connectivity index (χ2v) is 10.6. The fourth-order valence-electron chi connectivity index (χ4n) is 4.36. The first-order chi connectivity index (χ1) is 15.7. The molecule has 0 saturated heterocycles. The zero-order valence-corrected chi connectivity index (χ0v) is 21.7. The highest BCUT2D eigenvalue weighted by molar-refractivity contribution is 7.10. The van der Waals surface area contributed by atoms with Crippen LogP contribution in [0.2, 0.25) is 0 Å². The highest BCUT2D eigenvalue weighted by Crippen LogP contribution is 2.34. The predicted molar refractivity (Wildman–Crippen MR) is 135 cm³/mol. The van der Waals surface area contributed by atoms with E-state index >= 15 is 0 Å². The molecule has 0 radical (unpaired) electrons. The second-order valence-electron chi connectivity index (χ2n) is 9.62. The van der Waals surface area contributed by atoms with Crippen LogP contribution in [0.15, 0.2) is 29.6 Å². The fraction of sp³-hybridized carbons (Fsp3) is 0.556. The van der Waals surface area contributed by atoms with Crippen molar-refractivity contribution in [3.05, 3.63) is 51.2 Å². The first-order valence-corrected chi connectivity index (χ1v) is 12.9. The van der Waals surface area contributed by atoms with Gasteiger partial charge in [-0.25, -0.2) is 0 Å². The first-order valence-electron chi connectivity index (χ1n) is 12.1. The third-order valence-corrected chi connectivity index (χ3v) is 7.50. The van der Waals surface area contributed by atoms with Crippen LogP contribution in [0.5, 0.6) is 5.75 Å². The zero-order valence-electron chi connectivity index (χ0n) is 20.9. The van der Waals surface area contributed by atoms with Crippen LogP contribution in [0.4, 0.5) is 0 Å². The minimum atomic E-state index is -0.146. The molecule has 1 aromatic heterocycles. The van der Waals surface area contributed by atoms with E-state index in [2.05, 4.69) is 38.3 Å². The van der Waals surface area contributed by atoms with Gasteiger partial charge in [-0.2, -0.15) is 0 Å². The van der Waals surface area contributed by atoms with Gasteiger partial charge in [0.2, 0.25) is 11.8 Å². The third-order valence-electron chi connectivity index (χ3n) is 6.50. The molecular formula is C27H38N2O3S. The quantitative estimate of drug-likeness (QED) is 0.493. The van der Waals surface area contributed by atoms with Gasteiger partial charge >= 0.3 is 0 Å². The Labute approximate surface area is 202 Å². The number of amides is 2. The van der Waals surface area contributed by atoms with Gasteiger partial charge in [-0.3, -0.25) is 9.59 Å². The van der Waals surface area contributed by atoms with Gasteiger partial charge in [-0.15, -0.1) is 11.3 Å². The van der Waals surface area contributed by atoms with E-state index in [4.69, 9.17) is 4.74 Å². The molecule has 0 spiro atoms. The van der Waals surface area contributed by atoms with Gasteiger partial charge in [0.15, 0.2) is 0 Å². The Bertz CT molecular complexity index is 968. The summed E-state index contributed by atoms with van der Waals surface area (Å²) in [6.07, 6.45) is 1.83. The molecule has 2 aromatic rings. The average Bonchev–Trinajstić information content (AvgIpc) is 3.26. The molecule has 1 aliphatic heterocycles. The van der Waals surface area contributed by atoms with Gasteiger partial charge in [-0.1, -0.05) is 51.8 Å². The summed E-state index contributed by atoms with van der Waals surface area (Å²) in [5, 5.41) is 2.10. The van der Waals surface area contributed by atoms with Crippen LogP contribution in [0.3, 0.4) is 0 Å². The van der Waals surface area contributed by atoms with E-state index < -0.39 is 0 Å². The van der Waals surface area contributed by atoms with Gasteiger partial charge in [0.25, 0.3) is 0 Å². The smallest absolute Gasteiger partial charge is 0.242 e. The molecule has 5 nitrogen and oxygen atoms in total. The maximum absolute atomic E-state index is 13.6. The summed E-state index contributed by atoms with van der Waals surface area (Å²) in [5.74, 6) is 1.12. The SMILES string of the molecule is CC[C@H](C)CN(CC(=O)N1CCc2sccc2[C@@H]1COc1ccc(C)cc1C)C(=O)C(C)C. The molecule has 2 amide bonds. The highest BCUT2D eigenvalue weighted by Gasteiger charge is 2.34. The van der Waals surface area contributed by atoms with E-state index in [1.165, 1.54) is 16.0 Å². The molecule has 1 aliphatic rings. The van der Waals surface area contributed by atoms with Crippen molar-refractivity contribution in [3.63, 3.8) is 0 Å². The predicted octanol–water partition coefficient (Wildman–Crippen LogP) is 5.40. The van der Waals surface area contributed by atoms with Crippen molar-refractivity contribution in [2.45, 2.75) is 60.4 Å². The van der Waals surface area contributed by atoms with Crippen LogP contribution in [-0.2, 0) is 16.0 Å². The van der Waals surface area contributed by atoms with E-state index in [0.29, 0.717) is 25.6 Å². The number of fused-ring (bicyclic) bond motifs is 1. The molecule has 2 atom stereocenters. The monoisotopic (exact) mass is 470 g/mol. The molecular weight excluding hydrogens is 432 g/mol. The van der Waals surface area contributed by atoms with Crippen LogP contribution >= 0.6 is 11.3 Å². The molecule has 180 valence electrons. The van der Waals surface area contributed by atoms with Gasteiger partial charge in [0, 0.05) is 23.9 Å². The zero-order chi connectivity index (χ0) is 24.1. The molecule has 6 heteroatoms. The number of rotatable bonds is 9. The molecule has 0 N–H and O–H groups in total. The van der Waals surface area contributed by atoms with Gasteiger partial charge < -0.3 is 14.5 Å². The van der Waals surface area contributed by atoms with Gasteiger partial charge in [-0.05, 0) is 54.8 Å². The Balaban J connectivity index is 1.79. The standard InChI is InChI=1S/C27H38N2O3S/c1-7-19(4)15-28(27(31)18(2)3)16-26(30)29-12-10-25-22(11-13-33-25)23(29)17-32-24-9-8-20(5)14-21(24)6/h8-9,11,13-14,18-19,23H,7,10,12,15-17H2,1-6H3/t19-,23-/m0/s1. The Morgan fingerprint density at radius 3 is 2.64 bits per heavy atom. The van der Waals surface area contributed by atoms with E-state index in [1.54, 1.807) is 16.2 Å². The van der Waals surface area contributed by atoms with Crippen molar-refractivity contribution < 1.29 is 14.3 Å². The minimum Gasteiger partial charge on any atom is -0.491 e. The van der Waals surface area contributed by atoms with Crippen LogP contribution in [0, 0.1) is 25.7 Å². The summed E-state index contributed by atoms with van der Waals surface area (Å²) in [5.41, 5.74) is 3.47. The lowest BCUT2D eigenvalue weighted by atomic mass is 10.00.